The summed E-state index contributed by atoms with van der Waals surface area (Å²) in [6, 6.07) is 11.0. The third-order valence-electron chi connectivity index (χ3n) is 3.27. The van der Waals surface area contributed by atoms with Crippen molar-refractivity contribution in [1.29, 1.82) is 0 Å². The number of alkyl carbamates (subject to hydrolysis) is 1. The van der Waals surface area contributed by atoms with Crippen LogP contribution in [0.5, 0.6) is 0 Å². The molecule has 126 valence electrons. The second kappa shape index (κ2) is 8.05. The van der Waals surface area contributed by atoms with Crippen LogP contribution in [0.3, 0.4) is 0 Å². The molecule has 1 aromatic carbocycles. The summed E-state index contributed by atoms with van der Waals surface area (Å²) in [5, 5.41) is 5.28. The summed E-state index contributed by atoms with van der Waals surface area (Å²) in [4.78, 5) is 31.9. The summed E-state index contributed by atoms with van der Waals surface area (Å²) in [5.41, 5.74) is 0.445. The second-order valence-electron chi connectivity index (χ2n) is 5.70. The molecule has 1 aromatic heterocycles. The standard InChI is InChI=1S/C17H20N4O3/c1-17(2,15(22)19-10-14-8-9-18-12-20-14)21-16(23)24-11-13-6-4-3-5-7-13/h3-9,12H,10-11H2,1-2H3,(H,19,22)(H,21,23). The summed E-state index contributed by atoms with van der Waals surface area (Å²) in [7, 11) is 0. The average molecular weight is 328 g/mol. The van der Waals surface area contributed by atoms with Crippen LogP contribution >= 0.6 is 0 Å². The smallest absolute Gasteiger partial charge is 0.408 e. The van der Waals surface area contributed by atoms with E-state index in [1.54, 1.807) is 26.1 Å². The molecular formula is C17H20N4O3. The van der Waals surface area contributed by atoms with Crippen LogP contribution in [0.15, 0.2) is 48.9 Å². The topological polar surface area (TPSA) is 93.2 Å². The number of aromatic nitrogens is 2. The van der Waals surface area contributed by atoms with Crippen molar-refractivity contribution in [2.24, 2.45) is 0 Å². The summed E-state index contributed by atoms with van der Waals surface area (Å²) in [6.07, 6.45) is 2.35. The number of nitrogens with zero attached hydrogens (tertiary/aromatic N) is 2. The number of amides is 2. The molecule has 0 saturated heterocycles. The summed E-state index contributed by atoms with van der Waals surface area (Å²) < 4.78 is 5.13. The quantitative estimate of drug-likeness (QED) is 0.843. The van der Waals surface area contributed by atoms with Crippen molar-refractivity contribution < 1.29 is 14.3 Å². The van der Waals surface area contributed by atoms with E-state index in [4.69, 9.17) is 4.74 Å². The molecule has 0 aliphatic rings. The van der Waals surface area contributed by atoms with Gasteiger partial charge in [-0.3, -0.25) is 4.79 Å². The van der Waals surface area contributed by atoms with Gasteiger partial charge in [0.25, 0.3) is 0 Å². The molecule has 0 aliphatic heterocycles. The molecule has 2 rings (SSSR count). The Kier molecular flexibility index (Phi) is 5.83. The maximum atomic E-state index is 12.2. The van der Waals surface area contributed by atoms with E-state index < -0.39 is 11.6 Å². The molecule has 2 aromatic rings. The molecule has 2 amide bonds. The van der Waals surface area contributed by atoms with E-state index in [1.165, 1.54) is 6.33 Å². The largest absolute Gasteiger partial charge is 0.445 e. The molecule has 24 heavy (non-hydrogen) atoms. The van der Waals surface area contributed by atoms with Gasteiger partial charge in [0.15, 0.2) is 0 Å². The van der Waals surface area contributed by atoms with E-state index >= 15 is 0 Å². The lowest BCUT2D eigenvalue weighted by Gasteiger charge is -2.24. The molecular weight excluding hydrogens is 308 g/mol. The number of hydrogen-bond donors (Lipinski definition) is 2. The lowest BCUT2D eigenvalue weighted by Crippen LogP contribution is -2.54. The monoisotopic (exact) mass is 328 g/mol. The summed E-state index contributed by atoms with van der Waals surface area (Å²) >= 11 is 0. The highest BCUT2D eigenvalue weighted by Gasteiger charge is 2.30. The fourth-order valence-electron chi connectivity index (χ4n) is 1.89. The Labute approximate surface area is 140 Å². The Morgan fingerprint density at radius 2 is 1.92 bits per heavy atom. The first-order valence-corrected chi connectivity index (χ1v) is 7.49. The third-order valence-corrected chi connectivity index (χ3v) is 3.27. The van der Waals surface area contributed by atoms with Gasteiger partial charge in [-0.2, -0.15) is 0 Å². The Balaban J connectivity index is 1.80. The van der Waals surface area contributed by atoms with Crippen LogP contribution in [0.1, 0.15) is 25.1 Å². The molecule has 7 heteroatoms. The molecule has 0 spiro atoms. The first-order chi connectivity index (χ1) is 11.5. The predicted octanol–water partition coefficient (Wildman–Crippen LogP) is 1.80. The Bertz CT molecular complexity index is 675. The van der Waals surface area contributed by atoms with Crippen molar-refractivity contribution in [3.8, 4) is 0 Å². The van der Waals surface area contributed by atoms with Gasteiger partial charge in [0, 0.05) is 6.20 Å². The minimum atomic E-state index is -1.11. The molecule has 0 unspecified atom stereocenters. The van der Waals surface area contributed by atoms with Gasteiger partial charge in [-0.15, -0.1) is 0 Å². The number of ether oxygens (including phenoxy) is 1. The number of rotatable bonds is 6. The first kappa shape index (κ1) is 17.4. The van der Waals surface area contributed by atoms with Crippen molar-refractivity contribution in [3.63, 3.8) is 0 Å². The fourth-order valence-corrected chi connectivity index (χ4v) is 1.89. The first-order valence-electron chi connectivity index (χ1n) is 7.49. The van der Waals surface area contributed by atoms with Crippen molar-refractivity contribution in [2.45, 2.75) is 32.5 Å². The molecule has 2 N–H and O–H groups in total. The molecule has 0 aliphatic carbocycles. The zero-order valence-corrected chi connectivity index (χ0v) is 13.7. The van der Waals surface area contributed by atoms with Gasteiger partial charge >= 0.3 is 6.09 Å². The molecule has 0 atom stereocenters. The number of benzene rings is 1. The van der Waals surface area contributed by atoms with E-state index in [2.05, 4.69) is 20.6 Å². The highest BCUT2D eigenvalue weighted by molar-refractivity contribution is 5.89. The second-order valence-corrected chi connectivity index (χ2v) is 5.70. The minimum Gasteiger partial charge on any atom is -0.445 e. The van der Waals surface area contributed by atoms with Gasteiger partial charge in [0.05, 0.1) is 12.2 Å². The molecule has 0 radical (unpaired) electrons. The van der Waals surface area contributed by atoms with Gasteiger partial charge in [-0.05, 0) is 25.5 Å². The van der Waals surface area contributed by atoms with E-state index in [1.807, 2.05) is 30.3 Å². The van der Waals surface area contributed by atoms with E-state index in [0.717, 1.165) is 5.56 Å². The van der Waals surface area contributed by atoms with E-state index in [-0.39, 0.29) is 19.1 Å². The fraction of sp³-hybridized carbons (Fsp3) is 0.294. The molecule has 0 bridgehead atoms. The van der Waals surface area contributed by atoms with Crippen LogP contribution in [0, 0.1) is 0 Å². The number of hydrogen-bond acceptors (Lipinski definition) is 5. The van der Waals surface area contributed by atoms with Crippen LogP contribution in [0.4, 0.5) is 4.79 Å². The lowest BCUT2D eigenvalue weighted by atomic mass is 10.1. The van der Waals surface area contributed by atoms with Gasteiger partial charge in [-0.25, -0.2) is 14.8 Å². The zero-order chi connectivity index (χ0) is 17.4. The van der Waals surface area contributed by atoms with Crippen molar-refractivity contribution in [1.82, 2.24) is 20.6 Å². The average Bonchev–Trinajstić information content (AvgIpc) is 2.59. The minimum absolute atomic E-state index is 0.144. The molecule has 0 fully saturated rings. The van der Waals surface area contributed by atoms with Crippen molar-refractivity contribution >= 4 is 12.0 Å². The SMILES string of the molecule is CC(C)(NC(=O)OCc1ccccc1)C(=O)NCc1ccncn1. The number of carbonyl (C=O) groups is 2. The lowest BCUT2D eigenvalue weighted by molar-refractivity contribution is -0.126. The zero-order valence-electron chi connectivity index (χ0n) is 13.7. The Morgan fingerprint density at radius 1 is 1.17 bits per heavy atom. The van der Waals surface area contributed by atoms with E-state index in [9.17, 15) is 9.59 Å². The molecule has 1 heterocycles. The summed E-state index contributed by atoms with van der Waals surface area (Å²) in [6.45, 7) is 3.61. The molecule has 7 nitrogen and oxygen atoms in total. The van der Waals surface area contributed by atoms with Crippen molar-refractivity contribution in [3.05, 3.63) is 60.2 Å². The highest BCUT2D eigenvalue weighted by Crippen LogP contribution is 2.06. The van der Waals surface area contributed by atoms with Gasteiger partial charge < -0.3 is 15.4 Å². The van der Waals surface area contributed by atoms with Crippen LogP contribution in [0.25, 0.3) is 0 Å². The Morgan fingerprint density at radius 3 is 2.58 bits per heavy atom. The van der Waals surface area contributed by atoms with Crippen LogP contribution in [-0.4, -0.2) is 27.5 Å². The Hall–Kier alpha value is -2.96. The molecule has 0 saturated carbocycles. The van der Waals surface area contributed by atoms with Crippen LogP contribution in [-0.2, 0) is 22.7 Å². The van der Waals surface area contributed by atoms with Crippen LogP contribution < -0.4 is 10.6 Å². The van der Waals surface area contributed by atoms with E-state index in [0.29, 0.717) is 5.69 Å². The predicted molar refractivity (Wildman–Crippen MR) is 87.7 cm³/mol. The number of nitrogens with one attached hydrogen (secondary N) is 2. The van der Waals surface area contributed by atoms with Crippen molar-refractivity contribution in [2.75, 3.05) is 0 Å². The number of carbonyl (C=O) groups excluding carboxylic acids is 2. The van der Waals surface area contributed by atoms with Crippen LogP contribution in [0.2, 0.25) is 0 Å². The van der Waals surface area contributed by atoms with Gasteiger partial charge in [-0.1, -0.05) is 30.3 Å². The van der Waals surface area contributed by atoms with Gasteiger partial charge in [0.1, 0.15) is 18.5 Å². The highest BCUT2D eigenvalue weighted by atomic mass is 16.5. The van der Waals surface area contributed by atoms with Gasteiger partial charge in [0.2, 0.25) is 5.91 Å². The maximum Gasteiger partial charge on any atom is 0.408 e. The summed E-state index contributed by atoms with van der Waals surface area (Å²) in [5.74, 6) is -0.335. The maximum absolute atomic E-state index is 12.2. The third kappa shape index (κ3) is 5.35. The normalized spacial score (nSPS) is 10.8.